The van der Waals surface area contributed by atoms with Crippen LogP contribution in [0.1, 0.15) is 27.0 Å². The lowest BCUT2D eigenvalue weighted by Gasteiger charge is -2.23. The van der Waals surface area contributed by atoms with E-state index in [2.05, 4.69) is 5.32 Å². The summed E-state index contributed by atoms with van der Waals surface area (Å²) in [4.78, 5) is 12.4. The van der Waals surface area contributed by atoms with Gasteiger partial charge in [-0.1, -0.05) is 18.2 Å². The molecule has 0 spiro atoms. The van der Waals surface area contributed by atoms with E-state index in [1.165, 1.54) is 34.8 Å². The summed E-state index contributed by atoms with van der Waals surface area (Å²) in [5.74, 6) is -0.709. The Morgan fingerprint density at radius 3 is 2.13 bits per heavy atom. The smallest absolute Gasteiger partial charge is 0.255 e. The van der Waals surface area contributed by atoms with Gasteiger partial charge < -0.3 is 5.32 Å². The van der Waals surface area contributed by atoms with E-state index in [4.69, 9.17) is 0 Å². The molecule has 0 aromatic heterocycles. The highest BCUT2D eigenvalue weighted by Gasteiger charge is 2.18. The second-order valence-corrected chi connectivity index (χ2v) is 9.10. The van der Waals surface area contributed by atoms with Gasteiger partial charge in [-0.2, -0.15) is 0 Å². The zero-order chi connectivity index (χ0) is 21.9. The Kier molecular flexibility index (Phi) is 6.22. The number of benzene rings is 3. The van der Waals surface area contributed by atoms with Gasteiger partial charge in [0.15, 0.2) is 0 Å². The molecule has 1 amide bonds. The van der Waals surface area contributed by atoms with Crippen molar-refractivity contribution in [3.05, 3.63) is 94.8 Å². The zero-order valence-corrected chi connectivity index (χ0v) is 17.8. The summed E-state index contributed by atoms with van der Waals surface area (Å²) in [7, 11) is -3.49. The number of carbonyl (C=O) groups excluding carboxylic acids is 1. The fourth-order valence-corrected chi connectivity index (χ4v) is 3.82. The summed E-state index contributed by atoms with van der Waals surface area (Å²) < 4.78 is 39.1. The van der Waals surface area contributed by atoms with Crippen LogP contribution in [0, 0.1) is 19.7 Å². The molecule has 1 N–H and O–H groups in total. The summed E-state index contributed by atoms with van der Waals surface area (Å²) in [5, 5.41) is 2.70. The van der Waals surface area contributed by atoms with Crippen LogP contribution in [0.5, 0.6) is 0 Å². The van der Waals surface area contributed by atoms with Crippen molar-refractivity contribution in [2.24, 2.45) is 0 Å². The topological polar surface area (TPSA) is 66.5 Å². The van der Waals surface area contributed by atoms with Crippen molar-refractivity contribution in [3.8, 4) is 0 Å². The minimum absolute atomic E-state index is 0.154. The highest BCUT2D eigenvalue weighted by molar-refractivity contribution is 7.92. The van der Waals surface area contributed by atoms with Gasteiger partial charge in [-0.15, -0.1) is 0 Å². The molecule has 0 atom stereocenters. The fraction of sp³-hybridized carbons (Fsp3) is 0.174. The number of rotatable bonds is 6. The molecule has 0 saturated heterocycles. The van der Waals surface area contributed by atoms with Gasteiger partial charge in [-0.25, -0.2) is 12.8 Å². The molecule has 3 aromatic rings. The molecular formula is C23H23FN2O3S. The summed E-state index contributed by atoms with van der Waals surface area (Å²) in [6.07, 6.45) is 1.17. The quantitative estimate of drug-likeness (QED) is 0.623. The van der Waals surface area contributed by atoms with E-state index in [1.54, 1.807) is 30.3 Å². The Labute approximate surface area is 176 Å². The molecule has 0 aliphatic rings. The number of hydrogen-bond acceptors (Lipinski definition) is 3. The third-order valence-electron chi connectivity index (χ3n) is 4.82. The first-order valence-corrected chi connectivity index (χ1v) is 11.2. The second kappa shape index (κ2) is 8.67. The molecular weight excluding hydrogens is 403 g/mol. The number of hydrogen-bond donors (Lipinski definition) is 1. The van der Waals surface area contributed by atoms with E-state index in [-0.39, 0.29) is 18.3 Å². The van der Waals surface area contributed by atoms with Crippen molar-refractivity contribution in [2.75, 3.05) is 15.9 Å². The van der Waals surface area contributed by atoms with Crippen LogP contribution < -0.4 is 9.62 Å². The van der Waals surface area contributed by atoms with Gasteiger partial charge in [0, 0.05) is 11.3 Å². The van der Waals surface area contributed by atoms with Gasteiger partial charge in [-0.05, 0) is 79.1 Å². The van der Waals surface area contributed by atoms with Crippen LogP contribution in [0.25, 0.3) is 0 Å². The standard InChI is InChI=1S/C23H23FN2O3S/c1-16-4-13-22(14-17(16)2)26(30(3,28)29)15-18-5-7-19(8-6-18)23(27)25-21-11-9-20(24)10-12-21/h4-14H,15H2,1-3H3,(H,25,27). The van der Waals surface area contributed by atoms with Crippen LogP contribution in [-0.4, -0.2) is 20.6 Å². The van der Waals surface area contributed by atoms with Crippen molar-refractivity contribution >= 4 is 27.3 Å². The molecule has 0 aliphatic carbocycles. The number of carbonyl (C=O) groups is 1. The van der Waals surface area contributed by atoms with Crippen molar-refractivity contribution in [3.63, 3.8) is 0 Å². The van der Waals surface area contributed by atoms with Crippen molar-refractivity contribution in [2.45, 2.75) is 20.4 Å². The number of amides is 1. The number of nitrogens with one attached hydrogen (secondary N) is 1. The molecule has 7 heteroatoms. The van der Waals surface area contributed by atoms with Crippen molar-refractivity contribution in [1.82, 2.24) is 0 Å². The van der Waals surface area contributed by atoms with Gasteiger partial charge in [0.2, 0.25) is 10.0 Å². The maximum absolute atomic E-state index is 13.0. The number of sulfonamides is 1. The van der Waals surface area contributed by atoms with E-state index in [0.29, 0.717) is 16.9 Å². The first kappa shape index (κ1) is 21.5. The Morgan fingerprint density at radius 2 is 1.57 bits per heavy atom. The first-order chi connectivity index (χ1) is 14.1. The normalized spacial score (nSPS) is 11.2. The van der Waals surface area contributed by atoms with Gasteiger partial charge in [-0.3, -0.25) is 9.10 Å². The Hall–Kier alpha value is -3.19. The van der Waals surface area contributed by atoms with E-state index in [1.807, 2.05) is 26.0 Å². The molecule has 3 aromatic carbocycles. The number of anilines is 2. The van der Waals surface area contributed by atoms with Gasteiger partial charge in [0.1, 0.15) is 5.82 Å². The Balaban J connectivity index is 1.77. The molecule has 3 rings (SSSR count). The minimum Gasteiger partial charge on any atom is -0.322 e. The summed E-state index contributed by atoms with van der Waals surface area (Å²) in [5.41, 5.74) is 4.34. The maximum Gasteiger partial charge on any atom is 0.255 e. The predicted octanol–water partition coefficient (Wildman–Crippen LogP) is 4.66. The molecule has 0 heterocycles. The van der Waals surface area contributed by atoms with Crippen LogP contribution in [0.15, 0.2) is 66.7 Å². The van der Waals surface area contributed by atoms with Crippen LogP contribution >= 0.6 is 0 Å². The average Bonchev–Trinajstić information content (AvgIpc) is 2.69. The summed E-state index contributed by atoms with van der Waals surface area (Å²) >= 11 is 0. The van der Waals surface area contributed by atoms with Gasteiger partial charge >= 0.3 is 0 Å². The van der Waals surface area contributed by atoms with E-state index in [0.717, 1.165) is 16.7 Å². The average molecular weight is 427 g/mol. The molecule has 156 valence electrons. The highest BCUT2D eigenvalue weighted by atomic mass is 32.2. The largest absolute Gasteiger partial charge is 0.322 e. The maximum atomic E-state index is 13.0. The van der Waals surface area contributed by atoms with Crippen LogP contribution in [0.2, 0.25) is 0 Å². The number of aryl methyl sites for hydroxylation is 2. The van der Waals surface area contributed by atoms with Gasteiger partial charge in [0.25, 0.3) is 5.91 Å². The fourth-order valence-electron chi connectivity index (χ4n) is 2.94. The molecule has 0 fully saturated rings. The molecule has 30 heavy (non-hydrogen) atoms. The Bertz CT molecular complexity index is 1160. The van der Waals surface area contributed by atoms with E-state index in [9.17, 15) is 17.6 Å². The minimum atomic E-state index is -3.49. The van der Waals surface area contributed by atoms with Crippen LogP contribution in [0.3, 0.4) is 0 Å². The summed E-state index contributed by atoms with van der Waals surface area (Å²) in [6.45, 7) is 4.06. The number of nitrogens with zero attached hydrogens (tertiary/aromatic N) is 1. The molecule has 0 radical (unpaired) electrons. The molecule has 0 bridgehead atoms. The lowest BCUT2D eigenvalue weighted by Crippen LogP contribution is -2.29. The first-order valence-electron chi connectivity index (χ1n) is 9.34. The Morgan fingerprint density at radius 1 is 0.933 bits per heavy atom. The summed E-state index contributed by atoms with van der Waals surface area (Å²) in [6, 6.07) is 17.7. The second-order valence-electron chi connectivity index (χ2n) is 7.20. The van der Waals surface area contributed by atoms with Crippen molar-refractivity contribution < 1.29 is 17.6 Å². The highest BCUT2D eigenvalue weighted by Crippen LogP contribution is 2.23. The lowest BCUT2D eigenvalue weighted by atomic mass is 10.1. The van der Waals surface area contributed by atoms with Crippen LogP contribution in [-0.2, 0) is 16.6 Å². The third-order valence-corrected chi connectivity index (χ3v) is 5.96. The third kappa shape index (κ3) is 5.24. The SMILES string of the molecule is Cc1ccc(N(Cc2ccc(C(=O)Nc3ccc(F)cc3)cc2)S(C)(=O)=O)cc1C. The molecule has 0 unspecified atom stereocenters. The van der Waals surface area contributed by atoms with Gasteiger partial charge in [0.05, 0.1) is 18.5 Å². The lowest BCUT2D eigenvalue weighted by molar-refractivity contribution is 0.102. The number of halogens is 1. The van der Waals surface area contributed by atoms with E-state index >= 15 is 0 Å². The predicted molar refractivity (Wildman–Crippen MR) is 118 cm³/mol. The molecule has 0 saturated carbocycles. The monoisotopic (exact) mass is 426 g/mol. The van der Waals surface area contributed by atoms with Crippen LogP contribution in [0.4, 0.5) is 15.8 Å². The van der Waals surface area contributed by atoms with E-state index < -0.39 is 10.0 Å². The molecule has 5 nitrogen and oxygen atoms in total. The van der Waals surface area contributed by atoms with Crippen molar-refractivity contribution in [1.29, 1.82) is 0 Å². The zero-order valence-electron chi connectivity index (χ0n) is 17.0. The molecule has 0 aliphatic heterocycles.